The van der Waals surface area contributed by atoms with E-state index in [9.17, 15) is 9.59 Å². The van der Waals surface area contributed by atoms with Crippen molar-refractivity contribution in [1.82, 2.24) is 15.3 Å². The average molecular weight is 360 g/mol. The van der Waals surface area contributed by atoms with E-state index in [0.717, 1.165) is 10.2 Å². The molecule has 8 heteroatoms. The third kappa shape index (κ3) is 3.72. The maximum absolute atomic E-state index is 11.9. The van der Waals surface area contributed by atoms with Gasteiger partial charge in [-0.25, -0.2) is 5.43 Å². The summed E-state index contributed by atoms with van der Waals surface area (Å²) >= 11 is 2.97. The number of nitrogens with zero attached hydrogens (tertiary/aromatic N) is 2. The predicted molar refractivity (Wildman–Crippen MR) is 95.8 cm³/mol. The molecule has 0 saturated heterocycles. The minimum atomic E-state index is -0.238. The van der Waals surface area contributed by atoms with E-state index in [0.29, 0.717) is 10.4 Å². The van der Waals surface area contributed by atoms with E-state index in [2.05, 4.69) is 15.8 Å². The molecule has 0 spiro atoms. The second kappa shape index (κ2) is 7.41. The van der Waals surface area contributed by atoms with E-state index >= 15 is 0 Å². The number of aromatic nitrogens is 1. The summed E-state index contributed by atoms with van der Waals surface area (Å²) in [5.41, 5.74) is 4.22. The van der Waals surface area contributed by atoms with E-state index in [1.165, 1.54) is 22.7 Å². The monoisotopic (exact) mass is 360 g/mol. The van der Waals surface area contributed by atoms with Gasteiger partial charge < -0.3 is 9.88 Å². The van der Waals surface area contributed by atoms with Gasteiger partial charge in [0.05, 0.1) is 10.2 Å². The molecule has 0 unspecified atom stereocenters. The Kier molecular flexibility index (Phi) is 5.07. The van der Waals surface area contributed by atoms with Gasteiger partial charge in [0.2, 0.25) is 10.7 Å². The van der Waals surface area contributed by atoms with Crippen LogP contribution < -0.4 is 15.5 Å². The van der Waals surface area contributed by atoms with Crippen LogP contribution >= 0.6 is 22.7 Å². The fourth-order valence-corrected chi connectivity index (χ4v) is 3.75. The van der Waals surface area contributed by atoms with Crippen LogP contribution in [0.4, 0.5) is 0 Å². The largest absolute Gasteiger partial charge is 0.351 e. The van der Waals surface area contributed by atoms with Crippen molar-refractivity contribution in [2.75, 3.05) is 6.54 Å². The van der Waals surface area contributed by atoms with Gasteiger partial charge in [-0.05, 0) is 23.6 Å². The number of thiazole rings is 1. The van der Waals surface area contributed by atoms with Crippen molar-refractivity contribution in [3.63, 3.8) is 0 Å². The Morgan fingerprint density at radius 1 is 1.25 bits per heavy atom. The van der Waals surface area contributed by atoms with E-state index in [1.807, 2.05) is 41.3 Å². The van der Waals surface area contributed by atoms with Crippen molar-refractivity contribution in [1.29, 1.82) is 0 Å². The molecule has 0 saturated carbocycles. The standard InChI is InChI=1S/C16H16N4O2S2/c1-20-12-4-2-3-5-13(12)24-16(20)19-18-14(21)6-8-17-15(22)11-7-9-23-10-11/h2-5,7,9-10H,6,8H2,1H3,(H,17,22)(H,18,21)/b19-16-. The first-order chi connectivity index (χ1) is 11.6. The van der Waals surface area contributed by atoms with Crippen molar-refractivity contribution < 1.29 is 9.59 Å². The highest BCUT2D eigenvalue weighted by molar-refractivity contribution is 7.16. The van der Waals surface area contributed by atoms with Crippen molar-refractivity contribution in [2.45, 2.75) is 6.42 Å². The second-order valence-electron chi connectivity index (χ2n) is 5.08. The zero-order chi connectivity index (χ0) is 16.9. The minimum Gasteiger partial charge on any atom is -0.351 e. The summed E-state index contributed by atoms with van der Waals surface area (Å²) in [6.07, 6.45) is 0.175. The number of nitrogens with one attached hydrogen (secondary N) is 2. The number of para-hydroxylation sites is 1. The summed E-state index contributed by atoms with van der Waals surface area (Å²) in [5.74, 6) is -0.407. The number of hydrogen-bond acceptors (Lipinski definition) is 5. The normalized spacial score (nSPS) is 11.6. The van der Waals surface area contributed by atoms with Gasteiger partial charge in [0.1, 0.15) is 0 Å². The van der Waals surface area contributed by atoms with E-state index in [1.54, 1.807) is 11.4 Å². The van der Waals surface area contributed by atoms with Crippen LogP contribution in [0.2, 0.25) is 0 Å². The molecule has 0 aliphatic rings. The quantitative estimate of drug-likeness (QED) is 0.684. The van der Waals surface area contributed by atoms with Crippen molar-refractivity contribution in [3.8, 4) is 0 Å². The van der Waals surface area contributed by atoms with Crippen LogP contribution in [0, 0.1) is 0 Å². The summed E-state index contributed by atoms with van der Waals surface area (Å²) < 4.78 is 3.04. The second-order valence-corrected chi connectivity index (χ2v) is 6.87. The van der Waals surface area contributed by atoms with Crippen LogP contribution in [0.5, 0.6) is 0 Å². The summed E-state index contributed by atoms with van der Waals surface area (Å²) in [5, 5.41) is 10.5. The molecule has 1 aromatic carbocycles. The fraction of sp³-hybridized carbons (Fsp3) is 0.188. The number of carbonyl (C=O) groups is 2. The van der Waals surface area contributed by atoms with Crippen LogP contribution in [-0.4, -0.2) is 22.9 Å². The van der Waals surface area contributed by atoms with Gasteiger partial charge in [0.25, 0.3) is 5.91 Å². The smallest absolute Gasteiger partial charge is 0.252 e. The number of aryl methyl sites for hydroxylation is 1. The molecule has 3 aromatic rings. The molecule has 0 aliphatic heterocycles. The zero-order valence-corrected chi connectivity index (χ0v) is 14.6. The molecule has 0 bridgehead atoms. The molecule has 0 fully saturated rings. The van der Waals surface area contributed by atoms with Gasteiger partial charge in [-0.2, -0.15) is 11.3 Å². The van der Waals surface area contributed by atoms with Crippen LogP contribution in [0.1, 0.15) is 16.8 Å². The molecule has 2 heterocycles. The Labute approximate surface area is 146 Å². The Balaban J connectivity index is 1.55. The van der Waals surface area contributed by atoms with Gasteiger partial charge >= 0.3 is 0 Å². The lowest BCUT2D eigenvalue weighted by molar-refractivity contribution is -0.121. The van der Waals surface area contributed by atoms with E-state index < -0.39 is 0 Å². The first-order valence-corrected chi connectivity index (χ1v) is 9.08. The van der Waals surface area contributed by atoms with Crippen LogP contribution in [0.25, 0.3) is 10.2 Å². The molecular weight excluding hydrogens is 344 g/mol. The van der Waals surface area contributed by atoms with Crippen LogP contribution in [-0.2, 0) is 11.8 Å². The third-order valence-corrected chi connectivity index (χ3v) is 5.21. The molecule has 2 amide bonds. The maximum Gasteiger partial charge on any atom is 0.252 e. The van der Waals surface area contributed by atoms with Crippen LogP contribution in [0.3, 0.4) is 0 Å². The first-order valence-electron chi connectivity index (χ1n) is 7.32. The number of fused-ring (bicyclic) bond motifs is 1. The molecule has 2 aromatic heterocycles. The highest BCUT2D eigenvalue weighted by Gasteiger charge is 2.07. The molecule has 124 valence electrons. The van der Waals surface area contributed by atoms with Gasteiger partial charge in [0, 0.05) is 31.0 Å². The Morgan fingerprint density at radius 2 is 2.08 bits per heavy atom. The Hall–Kier alpha value is -2.45. The lowest BCUT2D eigenvalue weighted by Gasteiger charge is -2.02. The SMILES string of the molecule is Cn1/c(=N/NC(=O)CCNC(=O)c2ccsc2)sc2ccccc21. The van der Waals surface area contributed by atoms with E-state index in [4.69, 9.17) is 0 Å². The van der Waals surface area contributed by atoms with E-state index in [-0.39, 0.29) is 24.8 Å². The number of amides is 2. The summed E-state index contributed by atoms with van der Waals surface area (Å²) in [6.45, 7) is 0.272. The van der Waals surface area contributed by atoms with Gasteiger partial charge in [-0.15, -0.1) is 5.10 Å². The Morgan fingerprint density at radius 3 is 2.83 bits per heavy atom. The topological polar surface area (TPSA) is 75.5 Å². The molecule has 24 heavy (non-hydrogen) atoms. The first kappa shape index (κ1) is 16.4. The predicted octanol–water partition coefficient (Wildman–Crippen LogP) is 2.05. The fourth-order valence-electron chi connectivity index (χ4n) is 2.14. The maximum atomic E-state index is 11.9. The number of thiophene rings is 1. The number of benzene rings is 1. The molecule has 0 aliphatic carbocycles. The lowest BCUT2D eigenvalue weighted by Crippen LogP contribution is -2.29. The number of rotatable bonds is 5. The molecule has 6 nitrogen and oxygen atoms in total. The minimum absolute atomic E-state index is 0.170. The van der Waals surface area contributed by atoms with Crippen molar-refractivity contribution >= 4 is 44.7 Å². The third-order valence-electron chi connectivity index (χ3n) is 3.41. The summed E-state index contributed by atoms with van der Waals surface area (Å²) in [7, 11) is 1.91. The molecule has 3 rings (SSSR count). The average Bonchev–Trinajstić information content (AvgIpc) is 3.22. The van der Waals surface area contributed by atoms with Crippen molar-refractivity contribution in [2.24, 2.45) is 12.1 Å². The zero-order valence-electron chi connectivity index (χ0n) is 13.0. The Bertz CT molecular complexity index is 925. The summed E-state index contributed by atoms with van der Waals surface area (Å²) in [6, 6.07) is 9.70. The highest BCUT2D eigenvalue weighted by atomic mass is 32.1. The van der Waals surface area contributed by atoms with Crippen LogP contribution in [0.15, 0.2) is 46.2 Å². The molecular formula is C16H16N4O2S2. The number of carbonyl (C=O) groups excluding carboxylic acids is 2. The molecule has 2 N–H and O–H groups in total. The highest BCUT2D eigenvalue weighted by Crippen LogP contribution is 2.14. The molecule has 0 radical (unpaired) electrons. The van der Waals surface area contributed by atoms with Gasteiger partial charge in [-0.1, -0.05) is 23.5 Å². The lowest BCUT2D eigenvalue weighted by atomic mass is 10.3. The summed E-state index contributed by atoms with van der Waals surface area (Å²) in [4.78, 5) is 24.3. The van der Waals surface area contributed by atoms with Gasteiger partial charge in [0.15, 0.2) is 0 Å². The van der Waals surface area contributed by atoms with Gasteiger partial charge in [-0.3, -0.25) is 9.59 Å². The molecule has 0 atom stereocenters. The number of hydrogen-bond donors (Lipinski definition) is 2. The van der Waals surface area contributed by atoms with Crippen molar-refractivity contribution in [3.05, 3.63) is 51.5 Å².